The van der Waals surface area contributed by atoms with Crippen LogP contribution in [-0.2, 0) is 13.0 Å². The van der Waals surface area contributed by atoms with Gasteiger partial charge in [0.1, 0.15) is 5.01 Å². The lowest BCUT2D eigenvalue weighted by atomic mass is 10.1. The number of fused-ring (bicyclic) bond motifs is 1. The van der Waals surface area contributed by atoms with Gasteiger partial charge in [-0.2, -0.15) is 0 Å². The minimum atomic E-state index is -0.926. The maximum atomic E-state index is 13.6. The van der Waals surface area contributed by atoms with Gasteiger partial charge in [0.05, 0.1) is 11.9 Å². The summed E-state index contributed by atoms with van der Waals surface area (Å²) < 4.78 is 29.1. The second-order valence-corrected chi connectivity index (χ2v) is 6.93. The number of aromatic nitrogens is 2. The van der Waals surface area contributed by atoms with Gasteiger partial charge in [-0.05, 0) is 24.8 Å². The average Bonchev–Trinajstić information content (AvgIpc) is 3.07. The van der Waals surface area contributed by atoms with Gasteiger partial charge in [-0.3, -0.25) is 4.79 Å². The Labute approximate surface area is 135 Å². The van der Waals surface area contributed by atoms with Crippen LogP contribution in [-0.4, -0.2) is 15.3 Å². The Morgan fingerprint density at radius 2 is 2.09 bits per heavy atom. The van der Waals surface area contributed by atoms with Crippen LogP contribution in [0.5, 0.6) is 0 Å². The molecule has 1 fully saturated rings. The lowest BCUT2D eigenvalue weighted by Gasteiger charge is -2.03. The smallest absolute Gasteiger partial charge is 0.171 e. The molecule has 0 amide bonds. The topological polar surface area (TPSA) is 34.9 Å². The summed E-state index contributed by atoms with van der Waals surface area (Å²) in [6.07, 6.45) is 5.85. The van der Waals surface area contributed by atoms with Crippen molar-refractivity contribution in [2.75, 3.05) is 0 Å². The number of Topliss-reactive ketones (excluding diaryl/α,β-unsaturated/α-hetero) is 1. The van der Waals surface area contributed by atoms with E-state index in [1.807, 2.05) is 9.95 Å². The standard InChI is InChI=1S/C17H14F2N2OS/c18-13-5-11-12(16(22)7-17-20-3-4-23-17)9-21(8-10-1-2-10)15(11)6-14(13)19/h3-6,9-10H,1-2,7-8H2. The summed E-state index contributed by atoms with van der Waals surface area (Å²) in [6, 6.07) is 2.32. The van der Waals surface area contributed by atoms with Crippen molar-refractivity contribution >= 4 is 28.0 Å². The van der Waals surface area contributed by atoms with Crippen molar-refractivity contribution in [3.63, 3.8) is 0 Å². The number of carbonyl (C=O) groups is 1. The number of nitrogens with zero attached hydrogens (tertiary/aromatic N) is 2. The summed E-state index contributed by atoms with van der Waals surface area (Å²) >= 11 is 1.41. The first-order valence-electron chi connectivity index (χ1n) is 7.51. The highest BCUT2D eigenvalue weighted by atomic mass is 32.1. The number of ketones is 1. The first-order chi connectivity index (χ1) is 11.1. The lowest BCUT2D eigenvalue weighted by Crippen LogP contribution is -2.03. The third kappa shape index (κ3) is 2.79. The van der Waals surface area contributed by atoms with Gasteiger partial charge in [-0.1, -0.05) is 0 Å². The molecule has 1 aliphatic carbocycles. The predicted molar refractivity (Wildman–Crippen MR) is 84.7 cm³/mol. The van der Waals surface area contributed by atoms with Gasteiger partial charge < -0.3 is 4.57 Å². The van der Waals surface area contributed by atoms with E-state index in [-0.39, 0.29) is 12.2 Å². The number of thiazole rings is 1. The van der Waals surface area contributed by atoms with Gasteiger partial charge >= 0.3 is 0 Å². The van der Waals surface area contributed by atoms with Gasteiger partial charge in [0.2, 0.25) is 0 Å². The van der Waals surface area contributed by atoms with E-state index >= 15 is 0 Å². The van der Waals surface area contributed by atoms with Crippen molar-refractivity contribution in [3.05, 3.63) is 52.1 Å². The van der Waals surface area contributed by atoms with E-state index in [1.54, 1.807) is 12.4 Å². The maximum absolute atomic E-state index is 13.6. The average molecular weight is 332 g/mol. The Kier molecular flexibility index (Phi) is 3.49. The summed E-state index contributed by atoms with van der Waals surface area (Å²) in [7, 11) is 0. The Hall–Kier alpha value is -2.08. The van der Waals surface area contributed by atoms with Gasteiger partial charge in [-0.25, -0.2) is 13.8 Å². The molecule has 1 aromatic carbocycles. The van der Waals surface area contributed by atoms with Gasteiger partial charge in [0.15, 0.2) is 17.4 Å². The molecule has 0 unspecified atom stereocenters. The Bertz CT molecular complexity index is 882. The van der Waals surface area contributed by atoms with Crippen molar-refractivity contribution in [3.8, 4) is 0 Å². The molecule has 1 saturated carbocycles. The quantitative estimate of drug-likeness (QED) is 0.656. The zero-order valence-electron chi connectivity index (χ0n) is 12.3. The molecule has 0 radical (unpaired) electrons. The normalized spacial score (nSPS) is 14.5. The number of hydrogen-bond acceptors (Lipinski definition) is 3. The Morgan fingerprint density at radius 3 is 2.78 bits per heavy atom. The Morgan fingerprint density at radius 1 is 1.30 bits per heavy atom. The monoisotopic (exact) mass is 332 g/mol. The number of benzene rings is 1. The first kappa shape index (κ1) is 14.5. The summed E-state index contributed by atoms with van der Waals surface area (Å²) in [5, 5.41) is 3.01. The second kappa shape index (κ2) is 5.53. The number of rotatable bonds is 5. The van der Waals surface area contributed by atoms with E-state index in [4.69, 9.17) is 0 Å². The maximum Gasteiger partial charge on any atom is 0.171 e. The fraction of sp³-hybridized carbons (Fsp3) is 0.294. The number of carbonyl (C=O) groups excluding carboxylic acids is 1. The fourth-order valence-corrected chi connectivity index (χ4v) is 3.42. The van der Waals surface area contributed by atoms with E-state index in [1.165, 1.54) is 17.4 Å². The molecule has 2 heterocycles. The summed E-state index contributed by atoms with van der Waals surface area (Å²) in [5.41, 5.74) is 1.02. The van der Waals surface area contributed by atoms with Crippen LogP contribution in [0.1, 0.15) is 28.2 Å². The van der Waals surface area contributed by atoms with E-state index in [2.05, 4.69) is 4.98 Å². The lowest BCUT2D eigenvalue weighted by molar-refractivity contribution is 0.0994. The van der Waals surface area contributed by atoms with E-state index in [0.29, 0.717) is 22.4 Å². The van der Waals surface area contributed by atoms with Crippen LogP contribution in [0.25, 0.3) is 10.9 Å². The molecule has 6 heteroatoms. The van der Waals surface area contributed by atoms with Crippen LogP contribution in [0.4, 0.5) is 8.78 Å². The molecule has 0 spiro atoms. The van der Waals surface area contributed by atoms with E-state index < -0.39 is 11.6 Å². The highest BCUT2D eigenvalue weighted by molar-refractivity contribution is 7.09. The van der Waals surface area contributed by atoms with E-state index in [0.717, 1.165) is 30.5 Å². The molecule has 0 saturated heterocycles. The SMILES string of the molecule is O=C(Cc1nccs1)c1cn(CC2CC2)c2cc(F)c(F)cc12. The van der Waals surface area contributed by atoms with Crippen LogP contribution in [0.2, 0.25) is 0 Å². The fourth-order valence-electron chi connectivity index (χ4n) is 2.81. The zero-order chi connectivity index (χ0) is 16.0. The van der Waals surface area contributed by atoms with Crippen molar-refractivity contribution < 1.29 is 13.6 Å². The van der Waals surface area contributed by atoms with Crippen LogP contribution >= 0.6 is 11.3 Å². The zero-order valence-corrected chi connectivity index (χ0v) is 13.1. The van der Waals surface area contributed by atoms with Crippen molar-refractivity contribution in [2.24, 2.45) is 5.92 Å². The van der Waals surface area contributed by atoms with Crippen LogP contribution in [0.15, 0.2) is 29.9 Å². The second-order valence-electron chi connectivity index (χ2n) is 5.95. The summed E-state index contributed by atoms with van der Waals surface area (Å²) in [4.78, 5) is 16.7. The molecule has 0 N–H and O–H groups in total. The molecular formula is C17H14F2N2OS. The first-order valence-corrected chi connectivity index (χ1v) is 8.39. The molecule has 1 aliphatic rings. The number of hydrogen-bond donors (Lipinski definition) is 0. The highest BCUT2D eigenvalue weighted by Crippen LogP contribution is 2.33. The molecule has 2 aromatic heterocycles. The molecule has 0 aliphatic heterocycles. The van der Waals surface area contributed by atoms with Crippen molar-refractivity contribution in [1.29, 1.82) is 0 Å². The van der Waals surface area contributed by atoms with Crippen LogP contribution in [0.3, 0.4) is 0 Å². The molecule has 23 heavy (non-hydrogen) atoms. The van der Waals surface area contributed by atoms with Gasteiger partial charge in [0, 0.05) is 41.3 Å². The summed E-state index contributed by atoms with van der Waals surface area (Å²) in [6.45, 7) is 0.742. The minimum absolute atomic E-state index is 0.120. The summed E-state index contributed by atoms with van der Waals surface area (Å²) in [5.74, 6) is -1.36. The molecule has 3 nitrogen and oxygen atoms in total. The molecular weight excluding hydrogens is 318 g/mol. The van der Waals surface area contributed by atoms with Crippen LogP contribution in [0, 0.1) is 17.6 Å². The number of halogens is 2. The highest BCUT2D eigenvalue weighted by Gasteiger charge is 2.25. The third-order valence-electron chi connectivity index (χ3n) is 4.17. The largest absolute Gasteiger partial charge is 0.346 e. The molecule has 0 bridgehead atoms. The van der Waals surface area contributed by atoms with Crippen LogP contribution < -0.4 is 0 Å². The predicted octanol–water partition coefficient (Wildman–Crippen LogP) is 4.21. The minimum Gasteiger partial charge on any atom is -0.346 e. The molecule has 3 aromatic rings. The van der Waals surface area contributed by atoms with E-state index in [9.17, 15) is 13.6 Å². The van der Waals surface area contributed by atoms with Crippen molar-refractivity contribution in [1.82, 2.24) is 9.55 Å². The Balaban J connectivity index is 1.78. The molecule has 4 rings (SSSR count). The third-order valence-corrected chi connectivity index (χ3v) is 4.95. The molecule has 118 valence electrons. The molecule has 0 atom stereocenters. The van der Waals surface area contributed by atoms with Gasteiger partial charge in [-0.15, -0.1) is 11.3 Å². The van der Waals surface area contributed by atoms with Gasteiger partial charge in [0.25, 0.3) is 0 Å². The van der Waals surface area contributed by atoms with Crippen molar-refractivity contribution in [2.45, 2.75) is 25.8 Å².